The van der Waals surface area contributed by atoms with E-state index in [0.717, 1.165) is 22.7 Å². The maximum atomic E-state index is 13.3. The molecule has 1 aliphatic carbocycles. The minimum Gasteiger partial charge on any atom is -0.412 e. The number of amides is 4. The van der Waals surface area contributed by atoms with Crippen LogP contribution in [0, 0.1) is 12.8 Å². The van der Waals surface area contributed by atoms with Gasteiger partial charge >= 0.3 is 11.8 Å². The number of hydrogen-bond donors (Lipinski definition) is 4. The first-order valence-electron chi connectivity index (χ1n) is 17.6. The van der Waals surface area contributed by atoms with Crippen LogP contribution >= 0.6 is 22.9 Å². The Morgan fingerprint density at radius 2 is 1.78 bits per heavy atom. The van der Waals surface area contributed by atoms with E-state index in [1.807, 2.05) is 14.0 Å². The lowest BCUT2D eigenvalue weighted by Gasteiger charge is -2.37. The van der Waals surface area contributed by atoms with E-state index in [-0.39, 0.29) is 45.4 Å². The molecule has 0 radical (unpaired) electrons. The van der Waals surface area contributed by atoms with E-state index in [0.29, 0.717) is 18.0 Å². The van der Waals surface area contributed by atoms with Gasteiger partial charge in [0.25, 0.3) is 16.0 Å². The molecule has 18 heteroatoms. The number of likely N-dealkylation sites (N-methyl/N-ethyl adjacent to an activating group) is 1. The van der Waals surface area contributed by atoms with Crippen LogP contribution in [0.15, 0.2) is 47.5 Å². The molecule has 266 valence electrons. The predicted octanol–water partition coefficient (Wildman–Crippen LogP) is 1.71. The van der Waals surface area contributed by atoms with Gasteiger partial charge in [-0.25, -0.2) is 9.97 Å². The third-order valence-electron chi connectivity index (χ3n) is 7.66. The van der Waals surface area contributed by atoms with Gasteiger partial charge in [0.15, 0.2) is 5.01 Å². The number of nitrogens with one attached hydrogen (secondary N) is 3. The molecule has 0 saturated heterocycles. The van der Waals surface area contributed by atoms with Crippen molar-refractivity contribution in [2.45, 2.75) is 56.1 Å². The van der Waals surface area contributed by atoms with Crippen molar-refractivity contribution in [2.24, 2.45) is 5.92 Å². The van der Waals surface area contributed by atoms with Gasteiger partial charge in [-0.1, -0.05) is 29.3 Å². The number of thiazole rings is 1. The summed E-state index contributed by atoms with van der Waals surface area (Å²) >= 11 is 7.02. The summed E-state index contributed by atoms with van der Waals surface area (Å²) in [5, 5.41) is 8.20. The van der Waals surface area contributed by atoms with Crippen molar-refractivity contribution in [1.29, 1.82) is 0 Å². The van der Waals surface area contributed by atoms with E-state index in [9.17, 15) is 27.6 Å². The van der Waals surface area contributed by atoms with Crippen LogP contribution in [0.5, 0.6) is 0 Å². The van der Waals surface area contributed by atoms with Gasteiger partial charge in [0.1, 0.15) is 5.82 Å². The Morgan fingerprint density at radius 3 is 2.41 bits per heavy atom. The number of fused-ring (bicyclic) bond motifs is 1. The quantitative estimate of drug-likeness (QED) is 0.211. The second-order valence-electron chi connectivity index (χ2n) is 11.3. The molecule has 1 fully saturated rings. The van der Waals surface area contributed by atoms with E-state index in [2.05, 4.69) is 30.8 Å². The van der Waals surface area contributed by atoms with E-state index < -0.39 is 65.7 Å². The number of nitrogens with zero attached hydrogens (tertiary/aromatic N) is 4. The van der Waals surface area contributed by atoms with Crippen LogP contribution in [0.3, 0.4) is 0 Å². The first-order valence-corrected chi connectivity index (χ1v) is 17.3. The molecule has 0 spiro atoms. The molecule has 15 nitrogen and oxygen atoms in total. The fourth-order valence-electron chi connectivity index (χ4n) is 5.13. The Balaban J connectivity index is 0.000000582. The number of aromatic nitrogens is 2. The molecule has 2 aromatic heterocycles. The molecular weight excluding hydrogens is 698 g/mol. The second kappa shape index (κ2) is 17.1. The monoisotopic (exact) mass is 743 g/mol. The van der Waals surface area contributed by atoms with Crippen molar-refractivity contribution < 1.29 is 45.8 Å². The van der Waals surface area contributed by atoms with Gasteiger partial charge in [0.2, 0.25) is 5.91 Å². The lowest BCUT2D eigenvalue weighted by molar-refractivity contribution is -0.137. The molecule has 1 unspecified atom stereocenters. The highest BCUT2D eigenvalue weighted by atomic mass is 35.5. The Morgan fingerprint density at radius 1 is 1.06 bits per heavy atom. The first-order chi connectivity index (χ1) is 25.0. The van der Waals surface area contributed by atoms with Crippen LogP contribution in [0.1, 0.15) is 53.4 Å². The predicted molar refractivity (Wildman–Crippen MR) is 184 cm³/mol. The summed E-state index contributed by atoms with van der Waals surface area (Å²) in [7, 11) is -2.07. The number of aryl methyl sites for hydroxylation is 1. The molecule has 3 atom stereocenters. The molecule has 5 rings (SSSR count). The van der Waals surface area contributed by atoms with Crippen molar-refractivity contribution >= 4 is 62.5 Å². The molecule has 6 N–H and O–H groups in total. The molecule has 1 aliphatic heterocycles. The number of hydrogen-bond acceptors (Lipinski definition) is 10. The SMILES string of the molecule is Cc1ccc(S(=O)(=O)O)cc1.O.[2H]C([2H])([2H])N(C(=O)[C@H]1CC[C@H](NC(=O)C(=O)Nc2ccc(Cl)cn2)C(NC(=O)c2nc3c(s2)CN(C)CC3)C1)C([2H])([2H])[2H]. The highest BCUT2D eigenvalue weighted by molar-refractivity contribution is 7.85. The zero-order chi connectivity index (χ0) is 40.2. The first kappa shape index (κ1) is 31.0. The highest BCUT2D eigenvalue weighted by Crippen LogP contribution is 2.28. The Bertz CT molecular complexity index is 1950. The topological polar surface area (TPSA) is 222 Å². The fraction of sp³-hybridized carbons (Fsp3) is 0.419. The zero-order valence-corrected chi connectivity index (χ0v) is 28.8. The third kappa shape index (κ3) is 11.0. The summed E-state index contributed by atoms with van der Waals surface area (Å²) < 4.78 is 75.2. The Kier molecular flexibility index (Phi) is 10.8. The maximum Gasteiger partial charge on any atom is 0.314 e. The molecule has 49 heavy (non-hydrogen) atoms. The van der Waals surface area contributed by atoms with E-state index >= 15 is 0 Å². The van der Waals surface area contributed by atoms with Crippen molar-refractivity contribution in [3.05, 3.63) is 68.8 Å². The summed E-state index contributed by atoms with van der Waals surface area (Å²) in [5.74, 6) is -4.78. The van der Waals surface area contributed by atoms with Crippen LogP contribution in [-0.2, 0) is 37.5 Å². The maximum absolute atomic E-state index is 13.3. The smallest absolute Gasteiger partial charge is 0.314 e. The molecule has 3 heterocycles. The molecule has 4 amide bonds. The standard InChI is InChI=1S/C24H30ClN7O4S.C7H8O3S.H2O/c1-31(2)24(36)13-4-6-15(27-20(33)21(34)30-19-7-5-14(25)11-26-19)17(10-13)28-22(35)23-29-16-8-9-32(3)12-18(16)37-23;1-6-2-4-7(5-3-6)11(8,9)10;/h5,7,11,13,15,17H,4,6,8-10,12H2,1-3H3,(H,27,33)(H,28,35)(H,26,30,34);2-5H,1H3,(H,8,9,10);1H2/t13-,15-,17?;;/m0../s1/i1D3,2D3;;. The average Bonchev–Trinajstić information content (AvgIpc) is 3.49. The van der Waals surface area contributed by atoms with Crippen LogP contribution in [0.4, 0.5) is 5.82 Å². The van der Waals surface area contributed by atoms with Crippen molar-refractivity contribution in [3.63, 3.8) is 0 Å². The summed E-state index contributed by atoms with van der Waals surface area (Å²) in [6.45, 7) is -3.19. The minimum atomic E-state index is -4.02. The molecule has 2 aliphatic rings. The fourth-order valence-corrected chi connectivity index (χ4v) is 6.81. The van der Waals surface area contributed by atoms with E-state index in [1.54, 1.807) is 12.1 Å². The van der Waals surface area contributed by atoms with Gasteiger partial charge in [-0.15, -0.1) is 11.3 Å². The number of carbonyl (C=O) groups is 4. The minimum absolute atomic E-state index is 0. The normalized spacial score (nSPS) is 21.1. The summed E-state index contributed by atoms with van der Waals surface area (Å²) in [6, 6.07) is 7.06. The molecule has 3 aromatic rings. The Labute approximate surface area is 301 Å². The molecular formula is C31H40ClN7O8S2. The van der Waals surface area contributed by atoms with Gasteiger partial charge in [-0.3, -0.25) is 23.7 Å². The van der Waals surface area contributed by atoms with Crippen molar-refractivity contribution in [1.82, 2.24) is 30.4 Å². The van der Waals surface area contributed by atoms with Crippen LogP contribution < -0.4 is 16.0 Å². The number of pyridine rings is 1. The molecule has 0 bridgehead atoms. The third-order valence-corrected chi connectivity index (χ3v) is 9.84. The zero-order valence-electron chi connectivity index (χ0n) is 32.4. The van der Waals surface area contributed by atoms with Crippen molar-refractivity contribution in [3.8, 4) is 0 Å². The van der Waals surface area contributed by atoms with Gasteiger partial charge in [0, 0.05) is 64.7 Å². The summed E-state index contributed by atoms with van der Waals surface area (Å²) in [4.78, 5) is 63.1. The molecule has 1 aromatic carbocycles. The Hall–Kier alpha value is -4.00. The number of carbonyl (C=O) groups excluding carboxylic acids is 4. The summed E-state index contributed by atoms with van der Waals surface area (Å²) in [5.41, 5.74) is 1.77. The lowest BCUT2D eigenvalue weighted by Crippen LogP contribution is -2.57. The molecule has 1 saturated carbocycles. The summed E-state index contributed by atoms with van der Waals surface area (Å²) in [6.07, 6.45) is 1.80. The van der Waals surface area contributed by atoms with Crippen LogP contribution in [-0.4, -0.2) is 101 Å². The van der Waals surface area contributed by atoms with Crippen LogP contribution in [0.25, 0.3) is 0 Å². The van der Waals surface area contributed by atoms with Gasteiger partial charge < -0.3 is 31.2 Å². The average molecular weight is 744 g/mol. The van der Waals surface area contributed by atoms with Crippen LogP contribution in [0.2, 0.25) is 5.02 Å². The second-order valence-corrected chi connectivity index (χ2v) is 14.3. The largest absolute Gasteiger partial charge is 0.412 e. The van der Waals surface area contributed by atoms with Gasteiger partial charge in [0.05, 0.1) is 21.7 Å². The number of benzene rings is 1. The van der Waals surface area contributed by atoms with E-state index in [4.69, 9.17) is 24.4 Å². The lowest BCUT2D eigenvalue weighted by atomic mass is 9.81. The number of anilines is 1. The van der Waals surface area contributed by atoms with Gasteiger partial charge in [-0.05, 0) is 57.5 Å². The van der Waals surface area contributed by atoms with Gasteiger partial charge in [-0.2, -0.15) is 8.42 Å². The number of halogens is 1. The highest BCUT2D eigenvalue weighted by Gasteiger charge is 2.37. The number of rotatable bonds is 6. The van der Waals surface area contributed by atoms with E-state index in [1.165, 1.54) is 41.8 Å². The van der Waals surface area contributed by atoms with Crippen molar-refractivity contribution in [2.75, 3.05) is 32.9 Å².